The van der Waals surface area contributed by atoms with Crippen LogP contribution in [0.1, 0.15) is 13.3 Å². The highest BCUT2D eigenvalue weighted by Gasteiger charge is 2.27. The van der Waals surface area contributed by atoms with Crippen molar-refractivity contribution in [2.45, 2.75) is 19.5 Å². The van der Waals surface area contributed by atoms with Crippen molar-refractivity contribution in [1.82, 2.24) is 5.32 Å². The predicted molar refractivity (Wildman–Crippen MR) is 52.7 cm³/mol. The Kier molecular flexibility index (Phi) is 7.07. The second kappa shape index (κ2) is 7.45. The molecule has 0 aliphatic carbocycles. The van der Waals surface area contributed by atoms with E-state index in [9.17, 15) is 18.0 Å². The molecule has 0 aromatic rings. The van der Waals surface area contributed by atoms with E-state index < -0.39 is 12.8 Å². The number of rotatable bonds is 7. The molecule has 3 N–H and O–H groups in total. The van der Waals surface area contributed by atoms with Crippen LogP contribution in [0, 0.1) is 5.92 Å². The molecular formula is C9H17F3N2O2. The fourth-order valence-electron chi connectivity index (χ4n) is 0.813. The summed E-state index contributed by atoms with van der Waals surface area (Å²) in [6.45, 7) is 1.18. The topological polar surface area (TPSA) is 64.3 Å². The summed E-state index contributed by atoms with van der Waals surface area (Å²) < 4.78 is 39.2. The monoisotopic (exact) mass is 242 g/mol. The van der Waals surface area contributed by atoms with Gasteiger partial charge in [0.1, 0.15) is 6.61 Å². The van der Waals surface area contributed by atoms with Crippen LogP contribution in [0.25, 0.3) is 0 Å². The Balaban J connectivity index is 3.44. The molecule has 7 heteroatoms. The summed E-state index contributed by atoms with van der Waals surface area (Å²) in [5.74, 6) is -0.178. The Morgan fingerprint density at radius 2 is 2.12 bits per heavy atom. The fraction of sp³-hybridized carbons (Fsp3) is 0.889. The molecule has 0 fully saturated rings. The van der Waals surface area contributed by atoms with Gasteiger partial charge in [-0.25, -0.2) is 0 Å². The molecule has 0 saturated heterocycles. The minimum absolute atomic E-state index is 0.0760. The summed E-state index contributed by atoms with van der Waals surface area (Å²) in [5.41, 5.74) is 5.33. The first-order valence-electron chi connectivity index (χ1n) is 4.96. The molecule has 0 aromatic heterocycles. The highest BCUT2D eigenvalue weighted by molar-refractivity contribution is 5.75. The number of ether oxygens (including phenoxy) is 1. The van der Waals surface area contributed by atoms with Crippen molar-refractivity contribution in [3.63, 3.8) is 0 Å². The molecule has 16 heavy (non-hydrogen) atoms. The van der Waals surface area contributed by atoms with Crippen molar-refractivity contribution >= 4 is 5.91 Å². The van der Waals surface area contributed by atoms with Crippen molar-refractivity contribution in [2.75, 3.05) is 26.3 Å². The molecule has 1 amide bonds. The van der Waals surface area contributed by atoms with Gasteiger partial charge in [-0.3, -0.25) is 4.79 Å². The van der Waals surface area contributed by atoms with Crippen LogP contribution in [0.2, 0.25) is 0 Å². The Bertz CT molecular complexity index is 209. The van der Waals surface area contributed by atoms with Gasteiger partial charge in [0.05, 0.1) is 6.61 Å². The smallest absolute Gasteiger partial charge is 0.372 e. The number of nitrogens with two attached hydrogens (primary N) is 1. The molecule has 0 bridgehead atoms. The third-order valence-electron chi connectivity index (χ3n) is 1.79. The minimum Gasteiger partial charge on any atom is -0.372 e. The first-order valence-corrected chi connectivity index (χ1v) is 4.96. The van der Waals surface area contributed by atoms with Crippen LogP contribution in [-0.2, 0) is 9.53 Å². The predicted octanol–water partition coefficient (Wildman–Crippen LogP) is 0.666. The lowest BCUT2D eigenvalue weighted by molar-refractivity contribution is -0.174. The van der Waals surface area contributed by atoms with Gasteiger partial charge < -0.3 is 15.8 Å². The van der Waals surface area contributed by atoms with Crippen LogP contribution in [0.4, 0.5) is 13.2 Å². The first-order chi connectivity index (χ1) is 7.35. The van der Waals surface area contributed by atoms with Crippen LogP contribution in [0.3, 0.4) is 0 Å². The standard InChI is InChI=1S/C9H17F3N2O2/c1-7(4-13)5-14-8(15)2-3-16-6-9(10,11)12/h7H,2-6,13H2,1H3,(H,14,15). The average molecular weight is 242 g/mol. The van der Waals surface area contributed by atoms with Crippen molar-refractivity contribution in [1.29, 1.82) is 0 Å². The number of hydrogen-bond donors (Lipinski definition) is 2. The molecule has 0 aliphatic rings. The maximum absolute atomic E-state index is 11.6. The Labute approximate surface area is 92.3 Å². The van der Waals surface area contributed by atoms with Gasteiger partial charge >= 0.3 is 6.18 Å². The highest BCUT2D eigenvalue weighted by Crippen LogP contribution is 2.14. The molecule has 1 unspecified atom stereocenters. The third-order valence-corrected chi connectivity index (χ3v) is 1.79. The number of amides is 1. The second-order valence-corrected chi connectivity index (χ2v) is 3.56. The van der Waals surface area contributed by atoms with Gasteiger partial charge in [-0.2, -0.15) is 13.2 Å². The zero-order valence-electron chi connectivity index (χ0n) is 9.14. The summed E-state index contributed by atoms with van der Waals surface area (Å²) in [5, 5.41) is 2.55. The van der Waals surface area contributed by atoms with Gasteiger partial charge in [-0.15, -0.1) is 0 Å². The molecule has 4 nitrogen and oxygen atoms in total. The molecule has 0 aliphatic heterocycles. The largest absolute Gasteiger partial charge is 0.411 e. The van der Waals surface area contributed by atoms with Gasteiger partial charge in [-0.05, 0) is 12.5 Å². The summed E-state index contributed by atoms with van der Waals surface area (Å²) in [6, 6.07) is 0. The van der Waals surface area contributed by atoms with E-state index in [4.69, 9.17) is 5.73 Å². The summed E-state index contributed by atoms with van der Waals surface area (Å²) in [4.78, 5) is 11.1. The van der Waals surface area contributed by atoms with Crippen LogP contribution in [0.15, 0.2) is 0 Å². The number of halogens is 3. The number of carbonyl (C=O) groups excluding carboxylic acids is 1. The molecule has 0 saturated carbocycles. The van der Waals surface area contributed by atoms with E-state index in [1.807, 2.05) is 6.92 Å². The van der Waals surface area contributed by atoms with Crippen molar-refractivity contribution in [3.05, 3.63) is 0 Å². The van der Waals surface area contributed by atoms with Gasteiger partial charge in [0.25, 0.3) is 0 Å². The van der Waals surface area contributed by atoms with E-state index >= 15 is 0 Å². The van der Waals surface area contributed by atoms with E-state index in [1.165, 1.54) is 0 Å². The molecule has 96 valence electrons. The van der Waals surface area contributed by atoms with Gasteiger partial charge in [0, 0.05) is 13.0 Å². The molecule has 0 radical (unpaired) electrons. The molecule has 0 spiro atoms. The Morgan fingerprint density at radius 1 is 1.50 bits per heavy atom. The van der Waals surface area contributed by atoms with Crippen molar-refractivity contribution in [3.8, 4) is 0 Å². The lowest BCUT2D eigenvalue weighted by Crippen LogP contribution is -2.32. The number of nitrogens with one attached hydrogen (secondary N) is 1. The number of hydrogen-bond acceptors (Lipinski definition) is 3. The number of alkyl halides is 3. The van der Waals surface area contributed by atoms with E-state index in [2.05, 4.69) is 10.1 Å². The summed E-state index contributed by atoms with van der Waals surface area (Å²) in [7, 11) is 0. The SMILES string of the molecule is CC(CN)CNC(=O)CCOCC(F)(F)F. The fourth-order valence-corrected chi connectivity index (χ4v) is 0.813. The Morgan fingerprint density at radius 3 is 2.62 bits per heavy atom. The first kappa shape index (κ1) is 15.2. The van der Waals surface area contributed by atoms with Crippen LogP contribution in [0.5, 0.6) is 0 Å². The van der Waals surface area contributed by atoms with E-state index in [0.717, 1.165) is 0 Å². The zero-order chi connectivity index (χ0) is 12.6. The van der Waals surface area contributed by atoms with Crippen LogP contribution in [-0.4, -0.2) is 38.4 Å². The normalized spacial score (nSPS) is 13.6. The highest BCUT2D eigenvalue weighted by atomic mass is 19.4. The van der Waals surface area contributed by atoms with Gasteiger partial charge in [-0.1, -0.05) is 6.92 Å². The molecular weight excluding hydrogens is 225 g/mol. The molecule has 0 rings (SSSR count). The van der Waals surface area contributed by atoms with E-state index in [1.54, 1.807) is 0 Å². The van der Waals surface area contributed by atoms with Crippen LogP contribution >= 0.6 is 0 Å². The van der Waals surface area contributed by atoms with Gasteiger partial charge in [0.15, 0.2) is 0 Å². The second-order valence-electron chi connectivity index (χ2n) is 3.56. The van der Waals surface area contributed by atoms with E-state index in [-0.39, 0.29) is 24.9 Å². The molecule has 0 heterocycles. The molecule has 1 atom stereocenters. The molecule has 0 aromatic carbocycles. The maximum atomic E-state index is 11.6. The zero-order valence-corrected chi connectivity index (χ0v) is 9.14. The third kappa shape index (κ3) is 9.72. The lowest BCUT2D eigenvalue weighted by Gasteiger charge is -2.10. The summed E-state index contributed by atoms with van der Waals surface area (Å²) in [6.07, 6.45) is -4.42. The minimum atomic E-state index is -4.34. The van der Waals surface area contributed by atoms with Crippen LogP contribution < -0.4 is 11.1 Å². The lowest BCUT2D eigenvalue weighted by atomic mass is 10.2. The summed E-state index contributed by atoms with van der Waals surface area (Å²) >= 11 is 0. The quantitative estimate of drug-likeness (QED) is 0.645. The van der Waals surface area contributed by atoms with Crippen molar-refractivity contribution < 1.29 is 22.7 Å². The average Bonchev–Trinajstić information content (AvgIpc) is 2.19. The number of carbonyl (C=O) groups is 1. The maximum Gasteiger partial charge on any atom is 0.411 e. The van der Waals surface area contributed by atoms with Crippen molar-refractivity contribution in [2.24, 2.45) is 11.7 Å². The van der Waals surface area contributed by atoms with Gasteiger partial charge in [0.2, 0.25) is 5.91 Å². The Hall–Kier alpha value is -0.820. The van der Waals surface area contributed by atoms with E-state index in [0.29, 0.717) is 13.1 Å².